The van der Waals surface area contributed by atoms with Crippen molar-refractivity contribution in [1.29, 1.82) is 0 Å². The van der Waals surface area contributed by atoms with Gasteiger partial charge in [-0.05, 0) is 25.0 Å². The van der Waals surface area contributed by atoms with Crippen LogP contribution in [0.5, 0.6) is 0 Å². The molecule has 0 spiro atoms. The van der Waals surface area contributed by atoms with E-state index in [1.54, 1.807) is 4.57 Å². The van der Waals surface area contributed by atoms with Gasteiger partial charge in [-0.15, -0.1) is 0 Å². The second kappa shape index (κ2) is 4.97. The van der Waals surface area contributed by atoms with Crippen molar-refractivity contribution in [2.75, 3.05) is 5.32 Å². The SMILES string of the molecule is O=C(Nc1ccc(F)nc1)c1cc([N+](=O)[O-])cn1C1CC1. The molecule has 8 heteroatoms. The number of hydrogen-bond acceptors (Lipinski definition) is 4. The number of nitro groups is 1. The number of carbonyl (C=O) groups is 1. The highest BCUT2D eigenvalue weighted by atomic mass is 19.1. The van der Waals surface area contributed by atoms with E-state index >= 15 is 0 Å². The maximum atomic E-state index is 12.7. The number of nitrogens with one attached hydrogen (secondary N) is 1. The van der Waals surface area contributed by atoms with E-state index in [1.165, 1.54) is 24.5 Å². The molecule has 1 aliphatic rings. The molecule has 2 aromatic heterocycles. The van der Waals surface area contributed by atoms with Gasteiger partial charge in [-0.2, -0.15) is 4.39 Å². The van der Waals surface area contributed by atoms with E-state index in [-0.39, 0.29) is 17.4 Å². The summed E-state index contributed by atoms with van der Waals surface area (Å²) in [7, 11) is 0. The second-order valence-corrected chi connectivity index (χ2v) is 4.80. The molecule has 1 fully saturated rings. The standard InChI is InChI=1S/C13H11FN4O3/c14-12-4-1-8(6-15-12)16-13(19)11-5-10(18(20)21)7-17(11)9-2-3-9/h1,4-7,9H,2-3H2,(H,16,19). The quantitative estimate of drug-likeness (QED) is 0.532. The zero-order valence-corrected chi connectivity index (χ0v) is 10.8. The molecule has 0 aromatic carbocycles. The topological polar surface area (TPSA) is 90.1 Å². The minimum absolute atomic E-state index is 0.121. The summed E-state index contributed by atoms with van der Waals surface area (Å²) in [5, 5.41) is 13.4. The summed E-state index contributed by atoms with van der Waals surface area (Å²) in [6.45, 7) is 0. The Bertz CT molecular complexity index is 707. The summed E-state index contributed by atoms with van der Waals surface area (Å²) in [6, 6.07) is 3.87. The summed E-state index contributed by atoms with van der Waals surface area (Å²) < 4.78 is 14.3. The highest BCUT2D eigenvalue weighted by molar-refractivity contribution is 6.03. The van der Waals surface area contributed by atoms with Crippen molar-refractivity contribution in [1.82, 2.24) is 9.55 Å². The summed E-state index contributed by atoms with van der Waals surface area (Å²) in [5.41, 5.74) is 0.422. The Balaban J connectivity index is 1.86. The van der Waals surface area contributed by atoms with Gasteiger partial charge in [0.25, 0.3) is 11.6 Å². The molecule has 0 atom stereocenters. The highest BCUT2D eigenvalue weighted by Crippen LogP contribution is 2.38. The Labute approximate surface area is 118 Å². The smallest absolute Gasteiger partial charge is 0.287 e. The largest absolute Gasteiger partial charge is 0.334 e. The summed E-state index contributed by atoms with van der Waals surface area (Å²) >= 11 is 0. The monoisotopic (exact) mass is 290 g/mol. The Hall–Kier alpha value is -2.77. The van der Waals surface area contributed by atoms with Crippen LogP contribution in [0, 0.1) is 16.1 Å². The highest BCUT2D eigenvalue weighted by Gasteiger charge is 2.30. The first-order valence-electron chi connectivity index (χ1n) is 6.34. The van der Waals surface area contributed by atoms with E-state index in [2.05, 4.69) is 10.3 Å². The number of hydrogen-bond donors (Lipinski definition) is 1. The van der Waals surface area contributed by atoms with Gasteiger partial charge in [0.05, 0.1) is 23.0 Å². The molecule has 1 N–H and O–H groups in total. The number of carbonyl (C=O) groups excluding carboxylic acids is 1. The van der Waals surface area contributed by atoms with Gasteiger partial charge in [-0.25, -0.2) is 4.98 Å². The molecule has 1 aliphatic carbocycles. The van der Waals surface area contributed by atoms with Crippen molar-refractivity contribution in [2.24, 2.45) is 0 Å². The summed E-state index contributed by atoms with van der Waals surface area (Å²) in [5.74, 6) is -1.13. The number of halogens is 1. The Morgan fingerprint density at radius 2 is 2.24 bits per heavy atom. The molecule has 2 heterocycles. The molecular weight excluding hydrogens is 279 g/mol. The molecule has 1 amide bonds. The zero-order valence-electron chi connectivity index (χ0n) is 10.8. The number of anilines is 1. The van der Waals surface area contributed by atoms with E-state index < -0.39 is 16.8 Å². The van der Waals surface area contributed by atoms with Crippen molar-refractivity contribution in [2.45, 2.75) is 18.9 Å². The number of nitrogens with zero attached hydrogens (tertiary/aromatic N) is 3. The third-order valence-electron chi connectivity index (χ3n) is 3.20. The van der Waals surface area contributed by atoms with Crippen molar-refractivity contribution < 1.29 is 14.1 Å². The van der Waals surface area contributed by atoms with Crippen LogP contribution in [0.2, 0.25) is 0 Å². The first-order valence-corrected chi connectivity index (χ1v) is 6.34. The van der Waals surface area contributed by atoms with Gasteiger partial charge < -0.3 is 9.88 Å². The molecule has 1 saturated carbocycles. The summed E-state index contributed by atoms with van der Waals surface area (Å²) in [4.78, 5) is 25.9. The average Bonchev–Trinajstić information content (AvgIpc) is 3.19. The van der Waals surface area contributed by atoms with E-state index in [4.69, 9.17) is 0 Å². The first-order chi connectivity index (χ1) is 10.0. The van der Waals surface area contributed by atoms with E-state index in [0.29, 0.717) is 5.69 Å². The van der Waals surface area contributed by atoms with Crippen LogP contribution in [0.3, 0.4) is 0 Å². The van der Waals surface area contributed by atoms with Crippen molar-refractivity contribution >= 4 is 17.3 Å². The van der Waals surface area contributed by atoms with Crippen molar-refractivity contribution in [3.8, 4) is 0 Å². The predicted octanol–water partition coefficient (Wildman–Crippen LogP) is 2.52. The fraction of sp³-hybridized carbons (Fsp3) is 0.231. The lowest BCUT2D eigenvalue weighted by atomic mass is 10.3. The molecule has 0 aliphatic heterocycles. The van der Waals surface area contributed by atoms with Crippen LogP contribution in [0.4, 0.5) is 15.8 Å². The van der Waals surface area contributed by atoms with Crippen molar-refractivity contribution in [3.05, 3.63) is 52.3 Å². The lowest BCUT2D eigenvalue weighted by Crippen LogP contribution is -2.16. The third-order valence-corrected chi connectivity index (χ3v) is 3.20. The predicted molar refractivity (Wildman–Crippen MR) is 71.5 cm³/mol. The fourth-order valence-electron chi connectivity index (χ4n) is 2.05. The van der Waals surface area contributed by atoms with Gasteiger partial charge in [-0.3, -0.25) is 14.9 Å². The lowest BCUT2D eigenvalue weighted by Gasteiger charge is -2.07. The van der Waals surface area contributed by atoms with Gasteiger partial charge in [-0.1, -0.05) is 0 Å². The molecule has 0 radical (unpaired) electrons. The van der Waals surface area contributed by atoms with Gasteiger partial charge in [0, 0.05) is 12.1 Å². The number of pyridine rings is 1. The maximum absolute atomic E-state index is 12.7. The Kier molecular flexibility index (Phi) is 3.13. The molecule has 0 saturated heterocycles. The molecule has 0 unspecified atom stereocenters. The molecule has 7 nitrogen and oxygen atoms in total. The van der Waals surface area contributed by atoms with Crippen LogP contribution >= 0.6 is 0 Å². The van der Waals surface area contributed by atoms with Crippen LogP contribution < -0.4 is 5.32 Å². The molecule has 0 bridgehead atoms. The molecular formula is C13H11FN4O3. The number of rotatable bonds is 4. The van der Waals surface area contributed by atoms with Gasteiger partial charge in [0.15, 0.2) is 0 Å². The minimum Gasteiger partial charge on any atom is -0.334 e. The van der Waals surface area contributed by atoms with E-state index in [1.807, 2.05) is 0 Å². The molecule has 108 valence electrons. The Morgan fingerprint density at radius 3 is 2.81 bits per heavy atom. The second-order valence-electron chi connectivity index (χ2n) is 4.80. The normalized spacial score (nSPS) is 14.0. The minimum atomic E-state index is -0.648. The third kappa shape index (κ3) is 2.73. The van der Waals surface area contributed by atoms with Gasteiger partial charge in [0.1, 0.15) is 5.69 Å². The van der Waals surface area contributed by atoms with Crippen LogP contribution in [0.15, 0.2) is 30.6 Å². The van der Waals surface area contributed by atoms with Crippen molar-refractivity contribution in [3.63, 3.8) is 0 Å². The molecule has 21 heavy (non-hydrogen) atoms. The van der Waals surface area contributed by atoms with Crippen LogP contribution in [-0.2, 0) is 0 Å². The maximum Gasteiger partial charge on any atom is 0.287 e. The van der Waals surface area contributed by atoms with E-state index in [9.17, 15) is 19.3 Å². The first kappa shape index (κ1) is 13.2. The van der Waals surface area contributed by atoms with Crippen LogP contribution in [0.1, 0.15) is 29.4 Å². The molecule has 3 rings (SSSR count). The average molecular weight is 290 g/mol. The van der Waals surface area contributed by atoms with E-state index in [0.717, 1.165) is 18.9 Å². The lowest BCUT2D eigenvalue weighted by molar-refractivity contribution is -0.384. The molecule has 2 aromatic rings. The summed E-state index contributed by atoms with van der Waals surface area (Å²) in [6.07, 6.45) is 4.34. The van der Waals surface area contributed by atoms with Gasteiger partial charge in [0.2, 0.25) is 5.95 Å². The zero-order chi connectivity index (χ0) is 15.0. The Morgan fingerprint density at radius 1 is 1.48 bits per heavy atom. The van der Waals surface area contributed by atoms with Crippen LogP contribution in [0.25, 0.3) is 0 Å². The van der Waals surface area contributed by atoms with Gasteiger partial charge >= 0.3 is 0 Å². The van der Waals surface area contributed by atoms with Crippen LogP contribution in [-0.4, -0.2) is 20.4 Å². The number of aromatic nitrogens is 2. The fourth-order valence-corrected chi connectivity index (χ4v) is 2.05. The number of amides is 1.